The first kappa shape index (κ1) is 16.7. The van der Waals surface area contributed by atoms with E-state index < -0.39 is 10.8 Å². The minimum absolute atomic E-state index is 0.0118. The van der Waals surface area contributed by atoms with Crippen LogP contribution in [0.15, 0.2) is 12.1 Å². The van der Waals surface area contributed by atoms with Crippen molar-refractivity contribution in [1.82, 2.24) is 5.32 Å². The molecule has 0 fully saturated rings. The van der Waals surface area contributed by atoms with Gasteiger partial charge in [-0.3, -0.25) is 14.9 Å². The lowest BCUT2D eigenvalue weighted by atomic mass is 10.0. The minimum atomic E-state index is -0.614. The van der Waals surface area contributed by atoms with E-state index in [1.54, 1.807) is 0 Å². The molecule has 0 aliphatic carbocycles. The molecule has 1 N–H and O–H groups in total. The quantitative estimate of drug-likeness (QED) is 0.657. The lowest BCUT2D eigenvalue weighted by Gasteiger charge is -2.20. The number of carbonyl (C=O) groups is 1. The van der Waals surface area contributed by atoms with E-state index in [2.05, 4.69) is 5.32 Å². The summed E-state index contributed by atoms with van der Waals surface area (Å²) in [5, 5.41) is 13.6. The van der Waals surface area contributed by atoms with Crippen LogP contribution in [0.2, 0.25) is 10.0 Å². The molecule has 0 aliphatic heterocycles. The van der Waals surface area contributed by atoms with E-state index in [0.717, 1.165) is 18.6 Å². The Labute approximate surface area is 127 Å². The molecule has 7 heteroatoms. The Hall–Kier alpha value is -1.33. The van der Waals surface area contributed by atoms with E-state index in [4.69, 9.17) is 23.2 Å². The van der Waals surface area contributed by atoms with Gasteiger partial charge in [-0.25, -0.2) is 0 Å². The Morgan fingerprint density at radius 1 is 1.40 bits per heavy atom. The molecule has 2 unspecified atom stereocenters. The molecule has 0 aliphatic rings. The van der Waals surface area contributed by atoms with Crippen LogP contribution in [0.3, 0.4) is 0 Å². The number of rotatable bonds is 5. The van der Waals surface area contributed by atoms with Gasteiger partial charge in [0.2, 0.25) is 0 Å². The highest BCUT2D eigenvalue weighted by Crippen LogP contribution is 2.31. The molecule has 0 spiro atoms. The first-order chi connectivity index (χ1) is 9.27. The van der Waals surface area contributed by atoms with Crippen LogP contribution in [0.5, 0.6) is 0 Å². The van der Waals surface area contributed by atoms with Crippen LogP contribution in [0.25, 0.3) is 0 Å². The van der Waals surface area contributed by atoms with Gasteiger partial charge in [0.25, 0.3) is 11.6 Å². The molecule has 0 aromatic heterocycles. The molecule has 0 heterocycles. The third-order valence-electron chi connectivity index (χ3n) is 3.32. The van der Waals surface area contributed by atoms with Gasteiger partial charge in [-0.15, -0.1) is 0 Å². The standard InChI is InChI=1S/C13H16Cl2N2O3/c1-4-7(2)8(3)16-13(18)10-5-9(17(19)20)6-11(14)12(10)15/h5-8H,4H2,1-3H3,(H,16,18). The summed E-state index contributed by atoms with van der Waals surface area (Å²) in [6, 6.07) is 2.19. The third-order valence-corrected chi connectivity index (χ3v) is 4.13. The molecule has 1 aromatic carbocycles. The number of hydrogen-bond acceptors (Lipinski definition) is 3. The van der Waals surface area contributed by atoms with E-state index in [1.807, 2.05) is 20.8 Å². The maximum atomic E-state index is 12.1. The van der Waals surface area contributed by atoms with Gasteiger partial charge in [-0.2, -0.15) is 0 Å². The topological polar surface area (TPSA) is 72.2 Å². The van der Waals surface area contributed by atoms with Gasteiger partial charge in [0.15, 0.2) is 0 Å². The monoisotopic (exact) mass is 318 g/mol. The molecule has 0 saturated heterocycles. The van der Waals surface area contributed by atoms with Gasteiger partial charge in [0.05, 0.1) is 20.5 Å². The Morgan fingerprint density at radius 2 is 2.00 bits per heavy atom. The summed E-state index contributed by atoms with van der Waals surface area (Å²) in [6.45, 7) is 5.90. The fourth-order valence-corrected chi connectivity index (χ4v) is 2.03. The highest BCUT2D eigenvalue weighted by molar-refractivity contribution is 6.44. The number of halogens is 2. The van der Waals surface area contributed by atoms with Crippen molar-refractivity contribution in [3.8, 4) is 0 Å². The lowest BCUT2D eigenvalue weighted by Crippen LogP contribution is -2.37. The molecular weight excluding hydrogens is 303 g/mol. The highest BCUT2D eigenvalue weighted by Gasteiger charge is 2.21. The van der Waals surface area contributed by atoms with Crippen LogP contribution in [0.1, 0.15) is 37.6 Å². The van der Waals surface area contributed by atoms with E-state index in [9.17, 15) is 14.9 Å². The van der Waals surface area contributed by atoms with Crippen molar-refractivity contribution < 1.29 is 9.72 Å². The smallest absolute Gasteiger partial charge is 0.271 e. The first-order valence-electron chi connectivity index (χ1n) is 6.22. The second kappa shape index (κ2) is 6.90. The molecule has 2 atom stereocenters. The van der Waals surface area contributed by atoms with E-state index in [0.29, 0.717) is 0 Å². The number of nitrogens with zero attached hydrogens (tertiary/aromatic N) is 1. The molecular formula is C13H16Cl2N2O3. The molecule has 0 saturated carbocycles. The maximum absolute atomic E-state index is 12.1. The van der Waals surface area contributed by atoms with Crippen LogP contribution in [-0.4, -0.2) is 16.9 Å². The normalized spacial score (nSPS) is 13.7. The summed E-state index contributed by atoms with van der Waals surface area (Å²) >= 11 is 11.8. The number of non-ortho nitro benzene ring substituents is 1. The number of carbonyl (C=O) groups excluding carboxylic acids is 1. The van der Waals surface area contributed by atoms with Crippen molar-refractivity contribution in [3.63, 3.8) is 0 Å². The largest absolute Gasteiger partial charge is 0.349 e. The van der Waals surface area contributed by atoms with Crippen LogP contribution in [-0.2, 0) is 0 Å². The van der Waals surface area contributed by atoms with E-state index in [1.165, 1.54) is 0 Å². The molecule has 5 nitrogen and oxygen atoms in total. The lowest BCUT2D eigenvalue weighted by molar-refractivity contribution is -0.384. The Balaban J connectivity index is 3.06. The van der Waals surface area contributed by atoms with Crippen molar-refractivity contribution in [1.29, 1.82) is 0 Å². The summed E-state index contributed by atoms with van der Waals surface area (Å²) in [7, 11) is 0. The first-order valence-corrected chi connectivity index (χ1v) is 6.97. The zero-order chi connectivity index (χ0) is 15.4. The second-order valence-electron chi connectivity index (χ2n) is 4.69. The van der Waals surface area contributed by atoms with Gasteiger partial charge < -0.3 is 5.32 Å². The zero-order valence-electron chi connectivity index (χ0n) is 11.4. The molecule has 1 amide bonds. The number of hydrogen-bond donors (Lipinski definition) is 1. The highest BCUT2D eigenvalue weighted by atomic mass is 35.5. The number of benzene rings is 1. The zero-order valence-corrected chi connectivity index (χ0v) is 13.0. The van der Waals surface area contributed by atoms with E-state index in [-0.39, 0.29) is 33.3 Å². The van der Waals surface area contributed by atoms with Crippen LogP contribution >= 0.6 is 23.2 Å². The molecule has 1 aromatic rings. The van der Waals surface area contributed by atoms with Crippen molar-refractivity contribution in [2.75, 3.05) is 0 Å². The Morgan fingerprint density at radius 3 is 2.50 bits per heavy atom. The number of nitrogens with one attached hydrogen (secondary N) is 1. The SMILES string of the molecule is CCC(C)C(C)NC(=O)c1cc([N+](=O)[O-])cc(Cl)c1Cl. The summed E-state index contributed by atoms with van der Waals surface area (Å²) in [5.41, 5.74) is -0.248. The molecule has 0 radical (unpaired) electrons. The van der Waals surface area contributed by atoms with Crippen molar-refractivity contribution in [2.24, 2.45) is 5.92 Å². The van der Waals surface area contributed by atoms with Crippen LogP contribution < -0.4 is 5.32 Å². The number of amides is 1. The maximum Gasteiger partial charge on any atom is 0.271 e. The Bertz CT molecular complexity index is 535. The van der Waals surface area contributed by atoms with Crippen molar-refractivity contribution in [3.05, 3.63) is 37.9 Å². The van der Waals surface area contributed by atoms with Gasteiger partial charge in [-0.1, -0.05) is 43.5 Å². The number of nitro groups is 1. The fourth-order valence-electron chi connectivity index (χ4n) is 1.63. The predicted octanol–water partition coefficient (Wildman–Crippen LogP) is 4.07. The average molecular weight is 319 g/mol. The molecule has 1 rings (SSSR count). The summed E-state index contributed by atoms with van der Waals surface area (Å²) < 4.78 is 0. The molecule has 0 bridgehead atoms. The molecule has 20 heavy (non-hydrogen) atoms. The summed E-state index contributed by atoms with van der Waals surface area (Å²) in [6.07, 6.45) is 0.908. The van der Waals surface area contributed by atoms with E-state index >= 15 is 0 Å². The van der Waals surface area contributed by atoms with Crippen molar-refractivity contribution >= 4 is 34.8 Å². The third kappa shape index (κ3) is 3.84. The van der Waals surface area contributed by atoms with Gasteiger partial charge in [0, 0.05) is 18.2 Å². The summed E-state index contributed by atoms with van der Waals surface area (Å²) in [5.74, 6) is -0.180. The Kier molecular flexibility index (Phi) is 5.77. The average Bonchev–Trinajstić information content (AvgIpc) is 2.39. The second-order valence-corrected chi connectivity index (χ2v) is 5.48. The number of nitro benzene ring substituents is 1. The minimum Gasteiger partial charge on any atom is -0.349 e. The van der Waals surface area contributed by atoms with Gasteiger partial charge in [-0.05, 0) is 12.8 Å². The predicted molar refractivity (Wildman–Crippen MR) is 79.5 cm³/mol. The van der Waals surface area contributed by atoms with Gasteiger partial charge in [0.1, 0.15) is 0 Å². The fraction of sp³-hybridized carbons (Fsp3) is 0.462. The molecule has 110 valence electrons. The van der Waals surface area contributed by atoms with Crippen molar-refractivity contribution in [2.45, 2.75) is 33.2 Å². The summed E-state index contributed by atoms with van der Waals surface area (Å²) in [4.78, 5) is 22.3. The van der Waals surface area contributed by atoms with Crippen LogP contribution in [0.4, 0.5) is 5.69 Å². The van der Waals surface area contributed by atoms with Crippen LogP contribution in [0, 0.1) is 16.0 Å². The van der Waals surface area contributed by atoms with Gasteiger partial charge >= 0.3 is 0 Å².